The summed E-state index contributed by atoms with van der Waals surface area (Å²) in [4.78, 5) is 72.6. The summed E-state index contributed by atoms with van der Waals surface area (Å²) < 4.78 is 68.1. The Morgan fingerprint density at radius 3 is 0.885 bits per heavy atom. The molecule has 0 heterocycles. The summed E-state index contributed by atoms with van der Waals surface area (Å²) in [5, 5.41) is 10.6. The maximum absolute atomic E-state index is 13.0. The minimum atomic E-state index is -5.00. The quantitative estimate of drug-likeness (QED) is 0.0169. The lowest BCUT2D eigenvalue weighted by Crippen LogP contribution is -2.30. The number of aliphatic hydroxyl groups excluding tert-OH is 1. The van der Waals surface area contributed by atoms with Gasteiger partial charge >= 0.3 is 39.5 Å². The van der Waals surface area contributed by atoms with E-state index in [1.807, 2.05) is 36.5 Å². The molecule has 5 unspecified atom stereocenters. The average molecular weight is 1390 g/mol. The summed E-state index contributed by atoms with van der Waals surface area (Å²) in [6, 6.07) is 0. The van der Waals surface area contributed by atoms with E-state index < -0.39 is 97.5 Å². The standard InChI is InChI=1S/C77H128O17P2/c1-5-9-13-17-21-25-29-33-35-39-41-45-49-53-57-61-74(79)87-67-72(93-76(81)63-59-55-51-47-43-37-31-27-23-19-15-11-7-3)69-91-95(83,84)89-65-71(78)66-90-96(85,86)92-70-73(94-77(82)64-60-56-52-48-44-38-32-28-24-20-16-12-8-4)68-88-75(80)62-58-54-50-46-42-40-36-34-30-26-22-18-14-10-6-2/h9-10,13-14,21-22,25-27,31,33-36,41-42,45-46,53-54,57-58,71-73,78H,5-8,11-12,15-20,23-24,28-30,32,37-40,43-44,47-52,55-56,59-70H2,1-4H3,(H,83,84)(H,85,86)/b13-9-,14-10-,25-21-,26-22-,31-27-,35-33-,36-34-,45-41-,46-42-,57-53-,58-54-. The Morgan fingerprint density at radius 2 is 0.573 bits per heavy atom. The predicted molar refractivity (Wildman–Crippen MR) is 390 cm³/mol. The van der Waals surface area contributed by atoms with Crippen LogP contribution in [0.2, 0.25) is 0 Å². The first-order valence-electron chi connectivity index (χ1n) is 36.4. The second-order valence-electron chi connectivity index (χ2n) is 23.8. The number of phosphoric ester groups is 2. The maximum Gasteiger partial charge on any atom is 0.472 e. The van der Waals surface area contributed by atoms with Gasteiger partial charge in [-0.3, -0.25) is 37.3 Å². The van der Waals surface area contributed by atoms with Gasteiger partial charge in [0.15, 0.2) is 12.2 Å². The van der Waals surface area contributed by atoms with Gasteiger partial charge < -0.3 is 33.8 Å². The van der Waals surface area contributed by atoms with Crippen molar-refractivity contribution >= 4 is 39.5 Å². The first kappa shape index (κ1) is 91.2. The molecule has 96 heavy (non-hydrogen) atoms. The molecule has 0 saturated carbocycles. The van der Waals surface area contributed by atoms with Gasteiger partial charge in [-0.25, -0.2) is 9.13 Å². The van der Waals surface area contributed by atoms with E-state index in [2.05, 4.69) is 113 Å². The minimum Gasteiger partial charge on any atom is -0.461 e. The summed E-state index contributed by atoms with van der Waals surface area (Å²) in [5.41, 5.74) is 0. The molecule has 5 atom stereocenters. The Balaban J connectivity index is 5.48. The lowest BCUT2D eigenvalue weighted by atomic mass is 10.0. The third-order valence-corrected chi connectivity index (χ3v) is 16.6. The summed E-state index contributed by atoms with van der Waals surface area (Å²) in [6.07, 6.45) is 75.2. The first-order chi connectivity index (χ1) is 46.7. The molecule has 0 aromatic carbocycles. The van der Waals surface area contributed by atoms with Crippen LogP contribution in [0, 0.1) is 0 Å². The molecule has 0 aliphatic carbocycles. The molecular formula is C77H128O17P2. The molecule has 0 aromatic rings. The van der Waals surface area contributed by atoms with Crippen molar-refractivity contribution in [3.8, 4) is 0 Å². The second-order valence-corrected chi connectivity index (χ2v) is 26.7. The Hall–Kier alpha value is -4.80. The Kier molecular flexibility index (Phi) is 65.3. The van der Waals surface area contributed by atoms with Crippen LogP contribution < -0.4 is 0 Å². The Labute approximate surface area is 580 Å². The van der Waals surface area contributed by atoms with Gasteiger partial charge in [-0.05, 0) is 103 Å². The molecule has 19 heteroatoms. The number of esters is 4. The van der Waals surface area contributed by atoms with Crippen molar-refractivity contribution in [1.29, 1.82) is 0 Å². The average Bonchev–Trinajstić information content (AvgIpc) is 1.14. The molecule has 0 fully saturated rings. The van der Waals surface area contributed by atoms with Gasteiger partial charge in [-0.2, -0.15) is 0 Å². The van der Waals surface area contributed by atoms with E-state index in [0.717, 1.165) is 116 Å². The van der Waals surface area contributed by atoms with Gasteiger partial charge in [-0.15, -0.1) is 0 Å². The van der Waals surface area contributed by atoms with Crippen LogP contribution in [0.5, 0.6) is 0 Å². The highest BCUT2D eigenvalue weighted by Crippen LogP contribution is 2.45. The number of unbranched alkanes of at least 4 members (excludes halogenated alkanes) is 21. The zero-order chi connectivity index (χ0) is 70.4. The van der Waals surface area contributed by atoms with Crippen molar-refractivity contribution < 1.29 is 80.2 Å². The van der Waals surface area contributed by atoms with E-state index in [-0.39, 0.29) is 25.7 Å². The van der Waals surface area contributed by atoms with E-state index >= 15 is 0 Å². The van der Waals surface area contributed by atoms with Crippen molar-refractivity contribution in [3.63, 3.8) is 0 Å². The lowest BCUT2D eigenvalue weighted by Gasteiger charge is -2.21. The van der Waals surface area contributed by atoms with Gasteiger partial charge in [0.2, 0.25) is 0 Å². The molecule has 0 amide bonds. The SMILES string of the molecule is CC/C=C\C/C=C\C/C=C\C/C=C\C/C=C\CC(=O)OCC(COP(=O)(O)OCC(O)COP(=O)(O)OCC(COC(=O)C/C=C\C/C=C\C/C=C\C/C=C\C/C=C\CC)OC(=O)CCCCCCCCCCCCCCC)OC(=O)CCCCCCC/C=C\CCCCCC. The molecule has 17 nitrogen and oxygen atoms in total. The second kappa shape index (κ2) is 68.7. The molecule has 0 saturated heterocycles. The third-order valence-electron chi connectivity index (χ3n) is 14.7. The predicted octanol–water partition coefficient (Wildman–Crippen LogP) is 20.5. The number of phosphoric acid groups is 2. The number of carbonyl (C=O) groups excluding carboxylic acids is 4. The zero-order valence-electron chi connectivity index (χ0n) is 59.5. The summed E-state index contributed by atoms with van der Waals surface area (Å²) in [6.45, 7) is 4.37. The van der Waals surface area contributed by atoms with E-state index in [1.165, 1.54) is 77.0 Å². The number of aliphatic hydroxyl groups is 1. The van der Waals surface area contributed by atoms with Crippen LogP contribution in [0.15, 0.2) is 134 Å². The van der Waals surface area contributed by atoms with Crippen molar-refractivity contribution in [1.82, 2.24) is 0 Å². The van der Waals surface area contributed by atoms with Crippen LogP contribution >= 0.6 is 15.6 Å². The highest BCUT2D eigenvalue weighted by atomic mass is 31.2. The lowest BCUT2D eigenvalue weighted by molar-refractivity contribution is -0.161. The molecule has 548 valence electrons. The molecule has 0 rings (SSSR count). The molecule has 3 N–H and O–H groups in total. The van der Waals surface area contributed by atoms with Crippen LogP contribution in [0.3, 0.4) is 0 Å². The van der Waals surface area contributed by atoms with Gasteiger partial charge in [0.05, 0.1) is 39.3 Å². The molecule has 0 bridgehead atoms. The first-order valence-corrected chi connectivity index (χ1v) is 39.4. The monoisotopic (exact) mass is 1390 g/mol. The van der Waals surface area contributed by atoms with E-state index in [0.29, 0.717) is 25.7 Å². The van der Waals surface area contributed by atoms with Gasteiger partial charge in [0.25, 0.3) is 0 Å². The van der Waals surface area contributed by atoms with Gasteiger partial charge in [0.1, 0.15) is 19.3 Å². The number of ether oxygens (including phenoxy) is 4. The number of hydrogen-bond acceptors (Lipinski definition) is 15. The van der Waals surface area contributed by atoms with Crippen LogP contribution in [0.4, 0.5) is 0 Å². The zero-order valence-corrected chi connectivity index (χ0v) is 61.3. The van der Waals surface area contributed by atoms with Gasteiger partial charge in [0, 0.05) is 12.8 Å². The van der Waals surface area contributed by atoms with Crippen molar-refractivity contribution in [3.05, 3.63) is 134 Å². The Morgan fingerprint density at radius 1 is 0.312 bits per heavy atom. The molecule has 0 spiro atoms. The molecule has 0 aromatic heterocycles. The summed E-state index contributed by atoms with van der Waals surface area (Å²) >= 11 is 0. The normalized spacial score (nSPS) is 14.8. The summed E-state index contributed by atoms with van der Waals surface area (Å²) in [5.74, 6) is -2.48. The van der Waals surface area contributed by atoms with Crippen LogP contribution in [0.1, 0.15) is 272 Å². The van der Waals surface area contributed by atoms with Crippen molar-refractivity contribution in [2.24, 2.45) is 0 Å². The topological polar surface area (TPSA) is 237 Å². The number of hydrogen-bond donors (Lipinski definition) is 3. The third kappa shape index (κ3) is 67.8. The van der Waals surface area contributed by atoms with E-state index in [1.54, 1.807) is 12.2 Å². The maximum atomic E-state index is 13.0. The molecular weight excluding hydrogens is 1260 g/mol. The van der Waals surface area contributed by atoms with Crippen LogP contribution in [-0.2, 0) is 65.4 Å². The fourth-order valence-corrected chi connectivity index (χ4v) is 10.8. The highest BCUT2D eigenvalue weighted by molar-refractivity contribution is 7.47. The van der Waals surface area contributed by atoms with E-state index in [9.17, 15) is 43.2 Å². The van der Waals surface area contributed by atoms with Crippen molar-refractivity contribution in [2.45, 2.75) is 290 Å². The number of rotatable bonds is 67. The molecule has 0 aliphatic heterocycles. The fraction of sp³-hybridized carbons (Fsp3) is 0.662. The fourth-order valence-electron chi connectivity index (χ4n) is 9.18. The largest absolute Gasteiger partial charge is 0.472 e. The number of allylic oxidation sites excluding steroid dienone is 20. The smallest absolute Gasteiger partial charge is 0.461 e. The highest BCUT2D eigenvalue weighted by Gasteiger charge is 2.30. The van der Waals surface area contributed by atoms with Crippen LogP contribution in [0.25, 0.3) is 0 Å². The van der Waals surface area contributed by atoms with E-state index in [4.69, 9.17) is 37.0 Å². The minimum absolute atomic E-state index is 0.0608. The van der Waals surface area contributed by atoms with Gasteiger partial charge in [-0.1, -0.05) is 277 Å². The van der Waals surface area contributed by atoms with Crippen LogP contribution in [-0.4, -0.2) is 96.7 Å². The Bertz CT molecular complexity index is 2350. The molecule has 0 aliphatic rings. The van der Waals surface area contributed by atoms with Crippen molar-refractivity contribution in [2.75, 3.05) is 39.6 Å². The number of carbonyl (C=O) groups is 4. The summed E-state index contributed by atoms with van der Waals surface area (Å²) in [7, 11) is -10.00. The molecule has 0 radical (unpaired) electrons.